The monoisotopic (exact) mass is 634 g/mol. The molecule has 0 saturated carbocycles. The largest absolute Gasteiger partial charge is 0.488 e. The summed E-state index contributed by atoms with van der Waals surface area (Å²) in [6, 6.07) is 23.3. The molecule has 0 spiro atoms. The highest BCUT2D eigenvalue weighted by molar-refractivity contribution is 6.42. The number of aliphatic hydroxyl groups is 1. The van der Waals surface area contributed by atoms with E-state index < -0.39 is 12.1 Å². The lowest BCUT2D eigenvalue weighted by Crippen LogP contribution is -2.49. The summed E-state index contributed by atoms with van der Waals surface area (Å²) in [4.78, 5) is 30.6. The molecule has 4 aromatic rings. The van der Waals surface area contributed by atoms with Gasteiger partial charge in [0.05, 0.1) is 33.9 Å². The number of hydrogen-bond donors (Lipinski definition) is 3. The fraction of sp³-hybridized carbons (Fsp3) is 0.294. The summed E-state index contributed by atoms with van der Waals surface area (Å²) >= 11 is 12.3. The van der Waals surface area contributed by atoms with Gasteiger partial charge in [-0.05, 0) is 61.3 Å². The normalized spacial score (nSPS) is 17.4. The van der Waals surface area contributed by atoms with Crippen LogP contribution in [-0.4, -0.2) is 65.7 Å². The van der Waals surface area contributed by atoms with Crippen LogP contribution in [0.15, 0.2) is 78.9 Å². The first-order valence-corrected chi connectivity index (χ1v) is 15.3. The molecule has 3 amide bonds. The van der Waals surface area contributed by atoms with Crippen LogP contribution >= 0.6 is 23.2 Å². The average molecular weight is 636 g/mol. The van der Waals surface area contributed by atoms with Crippen LogP contribution in [0.25, 0.3) is 10.8 Å². The van der Waals surface area contributed by atoms with Gasteiger partial charge in [-0.15, -0.1) is 0 Å². The molecule has 0 fully saturated rings. The van der Waals surface area contributed by atoms with Crippen LogP contribution in [0.2, 0.25) is 10.0 Å². The molecule has 0 bridgehead atoms. The number of anilines is 2. The second-order valence-electron chi connectivity index (χ2n) is 11.4. The fourth-order valence-corrected chi connectivity index (χ4v) is 5.78. The maximum atomic E-state index is 13.8. The first-order chi connectivity index (χ1) is 21.1. The summed E-state index contributed by atoms with van der Waals surface area (Å²) in [6.07, 6.45) is -0.267. The van der Waals surface area contributed by atoms with Crippen molar-refractivity contribution in [3.63, 3.8) is 0 Å². The third-order valence-corrected chi connectivity index (χ3v) is 8.63. The summed E-state index contributed by atoms with van der Waals surface area (Å²) in [5.74, 6) is 0.111. The highest BCUT2D eigenvalue weighted by atomic mass is 35.5. The number of benzene rings is 4. The van der Waals surface area contributed by atoms with Crippen molar-refractivity contribution in [2.75, 3.05) is 37.4 Å². The summed E-state index contributed by atoms with van der Waals surface area (Å²) < 4.78 is 6.51. The van der Waals surface area contributed by atoms with Gasteiger partial charge in [-0.2, -0.15) is 0 Å². The molecule has 0 saturated heterocycles. The van der Waals surface area contributed by atoms with Gasteiger partial charge in [0.1, 0.15) is 11.9 Å². The van der Waals surface area contributed by atoms with E-state index in [4.69, 9.17) is 27.9 Å². The maximum Gasteiger partial charge on any atom is 0.323 e. The number of nitrogens with zero attached hydrogens (tertiary/aromatic N) is 2. The van der Waals surface area contributed by atoms with Gasteiger partial charge in [0.2, 0.25) is 0 Å². The number of nitrogens with one attached hydrogen (secondary N) is 2. The Morgan fingerprint density at radius 1 is 1.05 bits per heavy atom. The number of carbonyl (C=O) groups is 2. The van der Waals surface area contributed by atoms with Crippen LogP contribution in [0, 0.1) is 5.92 Å². The second-order valence-corrected chi connectivity index (χ2v) is 12.2. The summed E-state index contributed by atoms with van der Waals surface area (Å²) in [5.41, 5.74) is 2.45. The van der Waals surface area contributed by atoms with E-state index in [1.165, 1.54) is 0 Å². The van der Waals surface area contributed by atoms with Gasteiger partial charge in [0.25, 0.3) is 5.91 Å². The molecule has 5 rings (SSSR count). The first-order valence-electron chi connectivity index (χ1n) is 14.5. The molecule has 3 atom stereocenters. The molecular formula is C34H36Cl2N4O4. The Bertz CT molecular complexity index is 1660. The fourth-order valence-electron chi connectivity index (χ4n) is 5.46. The van der Waals surface area contributed by atoms with Gasteiger partial charge < -0.3 is 25.4 Å². The molecule has 0 radical (unpaired) electrons. The highest BCUT2D eigenvalue weighted by Crippen LogP contribution is 2.31. The molecule has 1 heterocycles. The minimum Gasteiger partial charge on any atom is -0.488 e. The summed E-state index contributed by atoms with van der Waals surface area (Å²) in [7, 11) is 2.00. The Balaban J connectivity index is 1.37. The van der Waals surface area contributed by atoms with Crippen molar-refractivity contribution in [2.45, 2.75) is 32.5 Å². The molecule has 4 aromatic carbocycles. The van der Waals surface area contributed by atoms with E-state index in [0.29, 0.717) is 52.4 Å². The van der Waals surface area contributed by atoms with Crippen LogP contribution in [0.4, 0.5) is 16.2 Å². The molecule has 1 aliphatic rings. The van der Waals surface area contributed by atoms with E-state index in [-0.39, 0.29) is 24.5 Å². The van der Waals surface area contributed by atoms with Gasteiger partial charge in [0, 0.05) is 36.6 Å². The van der Waals surface area contributed by atoms with E-state index in [1.54, 1.807) is 29.2 Å². The van der Waals surface area contributed by atoms with E-state index in [0.717, 1.165) is 16.3 Å². The van der Waals surface area contributed by atoms with Crippen molar-refractivity contribution >= 4 is 57.3 Å². The number of hydrogen-bond acceptors (Lipinski definition) is 5. The van der Waals surface area contributed by atoms with Crippen molar-refractivity contribution in [3.05, 3.63) is 100 Å². The van der Waals surface area contributed by atoms with E-state index in [1.807, 2.05) is 75.5 Å². The number of amides is 3. The lowest BCUT2D eigenvalue weighted by Gasteiger charge is -2.38. The first kappa shape index (κ1) is 31.6. The van der Waals surface area contributed by atoms with Crippen molar-refractivity contribution in [3.8, 4) is 5.75 Å². The summed E-state index contributed by atoms with van der Waals surface area (Å²) in [5, 5.41) is 18.7. The van der Waals surface area contributed by atoms with Gasteiger partial charge in [-0.25, -0.2) is 4.79 Å². The van der Waals surface area contributed by atoms with Crippen molar-refractivity contribution < 1.29 is 19.4 Å². The highest BCUT2D eigenvalue weighted by Gasteiger charge is 2.33. The number of ether oxygens (including phenoxy) is 1. The third-order valence-electron chi connectivity index (χ3n) is 7.89. The Morgan fingerprint density at radius 2 is 1.82 bits per heavy atom. The number of fused-ring (bicyclic) bond motifs is 2. The van der Waals surface area contributed by atoms with Gasteiger partial charge in [0.15, 0.2) is 0 Å². The molecule has 10 heteroatoms. The zero-order chi connectivity index (χ0) is 31.4. The number of aliphatic hydroxyl groups excluding tert-OH is 1. The van der Waals surface area contributed by atoms with Crippen molar-refractivity contribution in [1.29, 1.82) is 0 Å². The summed E-state index contributed by atoms with van der Waals surface area (Å²) in [6.45, 7) is 5.27. The quantitative estimate of drug-likeness (QED) is 0.191. The van der Waals surface area contributed by atoms with E-state index in [9.17, 15) is 14.7 Å². The number of urea groups is 1. The molecule has 230 valence electrons. The maximum absolute atomic E-state index is 13.8. The van der Waals surface area contributed by atoms with Crippen LogP contribution < -0.4 is 15.4 Å². The van der Waals surface area contributed by atoms with Crippen LogP contribution in [0.3, 0.4) is 0 Å². The Kier molecular flexibility index (Phi) is 9.96. The predicted octanol–water partition coefficient (Wildman–Crippen LogP) is 7.14. The lowest BCUT2D eigenvalue weighted by atomic mass is 9.99. The van der Waals surface area contributed by atoms with Gasteiger partial charge in [-0.1, -0.05) is 72.6 Å². The van der Waals surface area contributed by atoms with Crippen LogP contribution in [-0.2, 0) is 6.54 Å². The number of rotatable bonds is 8. The molecule has 0 aromatic heterocycles. The zero-order valence-electron chi connectivity index (χ0n) is 24.9. The standard InChI is InChI=1S/C34H36Cl2N4O4/c1-21-17-40(22(2)20-41)33(42)27-16-25(37-34(43)38-30-10-6-8-24-7-4-5-9-26(24)30)12-14-31(27)44-32(21)19-39(3)18-23-11-13-28(35)29(36)15-23/h4-16,21-22,32,41H,17-20H2,1-3H3,(H2,37,38,43)/t21-,22-,32+/m0/s1. The Labute approximate surface area is 267 Å². The topological polar surface area (TPSA) is 94.1 Å². The molecule has 1 aliphatic heterocycles. The second kappa shape index (κ2) is 13.9. The molecule has 0 unspecified atom stereocenters. The van der Waals surface area contributed by atoms with Crippen LogP contribution in [0.5, 0.6) is 5.75 Å². The number of carbonyl (C=O) groups excluding carboxylic acids is 2. The molecule has 3 N–H and O–H groups in total. The van der Waals surface area contributed by atoms with Crippen molar-refractivity contribution in [2.24, 2.45) is 5.92 Å². The predicted molar refractivity (Wildman–Crippen MR) is 177 cm³/mol. The molecule has 8 nitrogen and oxygen atoms in total. The minimum atomic E-state index is -0.434. The van der Waals surface area contributed by atoms with Gasteiger partial charge >= 0.3 is 6.03 Å². The SMILES string of the molecule is C[C@H]1CN([C@@H](C)CO)C(=O)c2cc(NC(=O)Nc3cccc4ccccc34)ccc2O[C@@H]1CN(C)Cc1ccc(Cl)c(Cl)c1. The van der Waals surface area contributed by atoms with Crippen LogP contribution in [0.1, 0.15) is 29.8 Å². The molecule has 0 aliphatic carbocycles. The van der Waals surface area contributed by atoms with Gasteiger partial charge in [-0.3, -0.25) is 9.69 Å². The smallest absolute Gasteiger partial charge is 0.323 e. The molecular weight excluding hydrogens is 599 g/mol. The lowest BCUT2D eigenvalue weighted by molar-refractivity contribution is 0.0341. The Hall–Kier alpha value is -3.82. The van der Waals surface area contributed by atoms with E-state index >= 15 is 0 Å². The third kappa shape index (κ3) is 7.27. The Morgan fingerprint density at radius 3 is 2.59 bits per heavy atom. The van der Waals surface area contributed by atoms with Crippen molar-refractivity contribution in [1.82, 2.24) is 9.80 Å². The number of likely N-dealkylation sites (N-methyl/N-ethyl adjacent to an activating group) is 1. The molecule has 44 heavy (non-hydrogen) atoms. The number of halogens is 2. The minimum absolute atomic E-state index is 0.0402. The zero-order valence-corrected chi connectivity index (χ0v) is 26.4. The van der Waals surface area contributed by atoms with E-state index in [2.05, 4.69) is 15.5 Å². The average Bonchev–Trinajstić information content (AvgIpc) is 3.01.